The highest BCUT2D eigenvalue weighted by molar-refractivity contribution is 5.50. The second kappa shape index (κ2) is 7.58. The SMILES string of the molecule is Cc1cc(C(C)NCc2c(C)nn(C)c2N2CCCN(C)CC2)no1. The van der Waals surface area contributed by atoms with E-state index in [1.807, 2.05) is 24.7 Å². The number of aryl methyl sites for hydroxylation is 3. The molecular formula is C18H30N6O. The van der Waals surface area contributed by atoms with Gasteiger partial charge in [-0.3, -0.25) is 4.68 Å². The number of anilines is 1. The Kier molecular flexibility index (Phi) is 5.44. The van der Waals surface area contributed by atoms with Gasteiger partial charge in [0.2, 0.25) is 0 Å². The molecule has 25 heavy (non-hydrogen) atoms. The Morgan fingerprint density at radius 2 is 2.00 bits per heavy atom. The first-order valence-corrected chi connectivity index (χ1v) is 9.08. The number of nitrogens with zero attached hydrogens (tertiary/aromatic N) is 5. The average molecular weight is 346 g/mol. The molecule has 3 rings (SSSR count). The van der Waals surface area contributed by atoms with Crippen molar-refractivity contribution in [1.29, 1.82) is 0 Å². The van der Waals surface area contributed by atoms with Crippen LogP contribution in [0.3, 0.4) is 0 Å². The Morgan fingerprint density at radius 1 is 1.20 bits per heavy atom. The second-order valence-electron chi connectivity index (χ2n) is 7.12. The maximum Gasteiger partial charge on any atom is 0.133 e. The largest absolute Gasteiger partial charge is 0.361 e. The molecule has 0 bridgehead atoms. The fourth-order valence-electron chi connectivity index (χ4n) is 3.50. The van der Waals surface area contributed by atoms with Gasteiger partial charge in [-0.05, 0) is 40.8 Å². The lowest BCUT2D eigenvalue weighted by Crippen LogP contribution is -2.31. The zero-order valence-electron chi connectivity index (χ0n) is 16.0. The third-order valence-corrected chi connectivity index (χ3v) is 5.01. The molecule has 0 spiro atoms. The van der Waals surface area contributed by atoms with Crippen molar-refractivity contribution in [1.82, 2.24) is 25.2 Å². The van der Waals surface area contributed by atoms with Crippen LogP contribution in [-0.2, 0) is 13.6 Å². The molecule has 0 radical (unpaired) electrons. The number of hydrogen-bond donors (Lipinski definition) is 1. The summed E-state index contributed by atoms with van der Waals surface area (Å²) in [7, 11) is 4.24. The van der Waals surface area contributed by atoms with Gasteiger partial charge in [-0.1, -0.05) is 5.16 Å². The molecule has 0 aromatic carbocycles. The minimum absolute atomic E-state index is 0.139. The molecule has 138 valence electrons. The molecule has 1 saturated heterocycles. The molecule has 2 aromatic heterocycles. The van der Waals surface area contributed by atoms with Gasteiger partial charge >= 0.3 is 0 Å². The Labute approximate surface area is 150 Å². The lowest BCUT2D eigenvalue weighted by molar-refractivity contribution is 0.360. The number of hydrogen-bond acceptors (Lipinski definition) is 6. The summed E-state index contributed by atoms with van der Waals surface area (Å²) < 4.78 is 7.22. The van der Waals surface area contributed by atoms with Gasteiger partial charge in [0, 0.05) is 44.9 Å². The normalized spacial score (nSPS) is 17.7. The molecular weight excluding hydrogens is 316 g/mol. The first-order chi connectivity index (χ1) is 12.0. The monoisotopic (exact) mass is 346 g/mol. The van der Waals surface area contributed by atoms with Crippen LogP contribution in [0.25, 0.3) is 0 Å². The van der Waals surface area contributed by atoms with Crippen molar-refractivity contribution >= 4 is 5.82 Å². The summed E-state index contributed by atoms with van der Waals surface area (Å²) >= 11 is 0. The summed E-state index contributed by atoms with van der Waals surface area (Å²) in [6.07, 6.45) is 1.18. The van der Waals surface area contributed by atoms with E-state index in [9.17, 15) is 0 Å². The van der Waals surface area contributed by atoms with Crippen LogP contribution in [0.4, 0.5) is 5.82 Å². The topological polar surface area (TPSA) is 62.4 Å². The van der Waals surface area contributed by atoms with Crippen molar-refractivity contribution in [2.45, 2.75) is 39.8 Å². The first-order valence-electron chi connectivity index (χ1n) is 9.08. The molecule has 1 unspecified atom stereocenters. The number of aromatic nitrogens is 3. The highest BCUT2D eigenvalue weighted by Gasteiger charge is 2.22. The van der Waals surface area contributed by atoms with E-state index in [2.05, 4.69) is 46.3 Å². The van der Waals surface area contributed by atoms with E-state index in [0.717, 1.165) is 49.9 Å². The summed E-state index contributed by atoms with van der Waals surface area (Å²) in [4.78, 5) is 4.88. The van der Waals surface area contributed by atoms with Gasteiger partial charge < -0.3 is 19.6 Å². The summed E-state index contributed by atoms with van der Waals surface area (Å²) in [6, 6.07) is 2.12. The third kappa shape index (κ3) is 4.04. The highest BCUT2D eigenvalue weighted by Crippen LogP contribution is 2.25. The lowest BCUT2D eigenvalue weighted by Gasteiger charge is -2.24. The molecule has 0 aliphatic carbocycles. The molecule has 1 fully saturated rings. The second-order valence-corrected chi connectivity index (χ2v) is 7.12. The molecule has 7 nitrogen and oxygen atoms in total. The highest BCUT2D eigenvalue weighted by atomic mass is 16.5. The fourth-order valence-corrected chi connectivity index (χ4v) is 3.50. The lowest BCUT2D eigenvalue weighted by atomic mass is 10.2. The molecule has 1 N–H and O–H groups in total. The van der Waals surface area contributed by atoms with Crippen LogP contribution >= 0.6 is 0 Å². The summed E-state index contributed by atoms with van der Waals surface area (Å²) in [5.74, 6) is 2.08. The zero-order chi connectivity index (χ0) is 18.0. The standard InChI is InChI=1S/C18H30N6O/c1-13-11-17(21-25-13)15(3)19-12-16-14(2)20-23(5)18(16)24-8-6-7-22(4)9-10-24/h11,15,19H,6-10,12H2,1-5H3. The minimum Gasteiger partial charge on any atom is -0.361 e. The predicted octanol–water partition coefficient (Wildman–Crippen LogP) is 2.02. The van der Waals surface area contributed by atoms with Gasteiger partial charge in [0.05, 0.1) is 11.7 Å². The van der Waals surface area contributed by atoms with Crippen LogP contribution in [0.5, 0.6) is 0 Å². The van der Waals surface area contributed by atoms with E-state index in [4.69, 9.17) is 4.52 Å². The van der Waals surface area contributed by atoms with Crippen LogP contribution in [0.15, 0.2) is 10.6 Å². The minimum atomic E-state index is 0.139. The van der Waals surface area contributed by atoms with Crippen molar-refractivity contribution in [3.63, 3.8) is 0 Å². The zero-order valence-corrected chi connectivity index (χ0v) is 16.0. The van der Waals surface area contributed by atoms with E-state index in [1.54, 1.807) is 0 Å². The van der Waals surface area contributed by atoms with E-state index in [-0.39, 0.29) is 6.04 Å². The third-order valence-electron chi connectivity index (χ3n) is 5.01. The molecule has 7 heteroatoms. The van der Waals surface area contributed by atoms with E-state index < -0.39 is 0 Å². The number of nitrogens with one attached hydrogen (secondary N) is 1. The summed E-state index contributed by atoms with van der Waals surface area (Å²) in [5.41, 5.74) is 3.31. The molecule has 0 amide bonds. The van der Waals surface area contributed by atoms with Gasteiger partial charge in [0.15, 0.2) is 0 Å². The van der Waals surface area contributed by atoms with Crippen LogP contribution < -0.4 is 10.2 Å². The predicted molar refractivity (Wildman–Crippen MR) is 98.8 cm³/mol. The Hall–Kier alpha value is -1.86. The Bertz CT molecular complexity index is 706. The molecule has 1 atom stereocenters. The number of rotatable bonds is 5. The maximum absolute atomic E-state index is 5.19. The van der Waals surface area contributed by atoms with E-state index in [1.165, 1.54) is 17.8 Å². The van der Waals surface area contributed by atoms with Crippen molar-refractivity contribution < 1.29 is 4.52 Å². The van der Waals surface area contributed by atoms with Crippen LogP contribution in [-0.4, -0.2) is 53.1 Å². The summed E-state index contributed by atoms with van der Waals surface area (Å²) in [6.45, 7) is 11.3. The quantitative estimate of drug-likeness (QED) is 0.894. The fraction of sp³-hybridized carbons (Fsp3) is 0.667. The summed E-state index contributed by atoms with van der Waals surface area (Å²) in [5, 5.41) is 12.4. The Balaban J connectivity index is 1.74. The van der Waals surface area contributed by atoms with Gasteiger partial charge in [-0.25, -0.2) is 0 Å². The van der Waals surface area contributed by atoms with Crippen molar-refractivity contribution in [3.8, 4) is 0 Å². The van der Waals surface area contributed by atoms with Crippen molar-refractivity contribution in [2.24, 2.45) is 7.05 Å². The maximum atomic E-state index is 5.19. The van der Waals surface area contributed by atoms with Crippen LogP contribution in [0.2, 0.25) is 0 Å². The van der Waals surface area contributed by atoms with Gasteiger partial charge in [-0.2, -0.15) is 5.10 Å². The van der Waals surface area contributed by atoms with Crippen LogP contribution in [0, 0.1) is 13.8 Å². The molecule has 0 saturated carbocycles. The average Bonchev–Trinajstić information content (AvgIpc) is 3.04. The number of likely N-dealkylation sites (N-methyl/N-ethyl adjacent to an activating group) is 1. The van der Waals surface area contributed by atoms with Crippen molar-refractivity contribution in [3.05, 3.63) is 28.8 Å². The van der Waals surface area contributed by atoms with Gasteiger partial charge in [0.1, 0.15) is 17.3 Å². The molecule has 3 heterocycles. The van der Waals surface area contributed by atoms with Crippen LogP contribution in [0.1, 0.15) is 42.1 Å². The van der Waals surface area contributed by atoms with E-state index >= 15 is 0 Å². The molecule has 1 aliphatic rings. The smallest absolute Gasteiger partial charge is 0.133 e. The van der Waals surface area contributed by atoms with E-state index in [0.29, 0.717) is 0 Å². The van der Waals surface area contributed by atoms with Crippen molar-refractivity contribution in [2.75, 3.05) is 38.1 Å². The van der Waals surface area contributed by atoms with Gasteiger partial charge in [0.25, 0.3) is 0 Å². The Morgan fingerprint density at radius 3 is 2.72 bits per heavy atom. The molecule has 2 aromatic rings. The molecule has 1 aliphatic heterocycles. The first kappa shape index (κ1) is 17.9. The van der Waals surface area contributed by atoms with Gasteiger partial charge in [-0.15, -0.1) is 0 Å².